The third kappa shape index (κ3) is 3.37. The molecule has 2 aliphatic rings. The van der Waals surface area contributed by atoms with Crippen LogP contribution >= 0.6 is 0 Å². The van der Waals surface area contributed by atoms with E-state index in [4.69, 9.17) is 10.5 Å². The van der Waals surface area contributed by atoms with Crippen LogP contribution in [-0.4, -0.2) is 66.0 Å². The van der Waals surface area contributed by atoms with Crippen molar-refractivity contribution in [2.45, 2.75) is 57.8 Å². The van der Waals surface area contributed by atoms with Gasteiger partial charge in [0.25, 0.3) is 5.91 Å². The molecule has 3 atom stereocenters. The quantitative estimate of drug-likeness (QED) is 0.794. The smallest absolute Gasteiger partial charge is 0.252 e. The molecule has 2 amide bonds. The van der Waals surface area contributed by atoms with Crippen molar-refractivity contribution >= 4 is 11.8 Å². The first kappa shape index (κ1) is 16.2. The first-order chi connectivity index (χ1) is 10.1. The van der Waals surface area contributed by atoms with Gasteiger partial charge in [0.05, 0.1) is 6.10 Å². The number of nitrogens with two attached hydrogens (primary N) is 1. The van der Waals surface area contributed by atoms with Crippen molar-refractivity contribution in [3.05, 3.63) is 0 Å². The van der Waals surface area contributed by atoms with Crippen LogP contribution in [0.5, 0.6) is 0 Å². The van der Waals surface area contributed by atoms with Gasteiger partial charge < -0.3 is 20.3 Å². The lowest BCUT2D eigenvalue weighted by molar-refractivity contribution is -0.150. The van der Waals surface area contributed by atoms with Crippen LogP contribution in [0.4, 0.5) is 0 Å². The molecule has 0 saturated carbocycles. The Kier molecular flexibility index (Phi) is 5.58. The SMILES string of the molecule is CCN(CC)C(=O)C1CCCN1C(=O)[C@@H]1CC[C@H](CN)O1. The Balaban J connectivity index is 2.01. The minimum atomic E-state index is -0.413. The topological polar surface area (TPSA) is 75.9 Å². The molecular formula is C15H27N3O3. The Bertz CT molecular complexity index is 384. The van der Waals surface area contributed by atoms with E-state index in [1.165, 1.54) is 0 Å². The third-order valence-corrected chi connectivity index (χ3v) is 4.54. The summed E-state index contributed by atoms with van der Waals surface area (Å²) in [5.74, 6) is 0.0353. The van der Waals surface area contributed by atoms with Gasteiger partial charge in [-0.05, 0) is 39.5 Å². The summed E-state index contributed by atoms with van der Waals surface area (Å²) in [6.07, 6.45) is 2.76. The normalized spacial score (nSPS) is 28.9. The summed E-state index contributed by atoms with van der Waals surface area (Å²) >= 11 is 0. The maximum absolute atomic E-state index is 12.6. The molecule has 2 N–H and O–H groups in total. The number of ether oxygens (including phenoxy) is 1. The van der Waals surface area contributed by atoms with Gasteiger partial charge in [0.2, 0.25) is 5.91 Å². The number of carbonyl (C=O) groups is 2. The molecule has 2 rings (SSSR count). The molecule has 1 unspecified atom stereocenters. The van der Waals surface area contributed by atoms with E-state index in [-0.39, 0.29) is 24.0 Å². The number of hydrogen-bond acceptors (Lipinski definition) is 4. The van der Waals surface area contributed by atoms with Gasteiger partial charge in [-0.25, -0.2) is 0 Å². The molecule has 0 aromatic carbocycles. The van der Waals surface area contributed by atoms with Crippen molar-refractivity contribution in [3.63, 3.8) is 0 Å². The van der Waals surface area contributed by atoms with E-state index >= 15 is 0 Å². The first-order valence-corrected chi connectivity index (χ1v) is 8.07. The van der Waals surface area contributed by atoms with Crippen LogP contribution in [0.1, 0.15) is 39.5 Å². The molecule has 0 aromatic rings. The van der Waals surface area contributed by atoms with Crippen molar-refractivity contribution in [2.24, 2.45) is 5.73 Å². The molecular weight excluding hydrogens is 270 g/mol. The summed E-state index contributed by atoms with van der Waals surface area (Å²) in [6, 6.07) is -0.307. The van der Waals surface area contributed by atoms with Gasteiger partial charge in [0.1, 0.15) is 12.1 Å². The average molecular weight is 297 g/mol. The highest BCUT2D eigenvalue weighted by Gasteiger charge is 2.40. The zero-order valence-corrected chi connectivity index (χ0v) is 13.1. The maximum atomic E-state index is 12.6. The van der Waals surface area contributed by atoms with Crippen LogP contribution in [0.25, 0.3) is 0 Å². The number of hydrogen-bond donors (Lipinski definition) is 1. The van der Waals surface area contributed by atoms with Crippen LogP contribution in [0.2, 0.25) is 0 Å². The molecule has 2 heterocycles. The van der Waals surface area contributed by atoms with Crippen molar-refractivity contribution in [2.75, 3.05) is 26.2 Å². The lowest BCUT2D eigenvalue weighted by Crippen LogP contribution is -2.50. The summed E-state index contributed by atoms with van der Waals surface area (Å²) in [7, 11) is 0. The Morgan fingerprint density at radius 1 is 1.24 bits per heavy atom. The number of rotatable bonds is 5. The van der Waals surface area contributed by atoms with E-state index in [2.05, 4.69) is 0 Å². The van der Waals surface area contributed by atoms with Gasteiger partial charge in [0, 0.05) is 26.2 Å². The second-order valence-electron chi connectivity index (χ2n) is 5.76. The number of amides is 2. The average Bonchev–Trinajstić information content (AvgIpc) is 3.16. The zero-order valence-electron chi connectivity index (χ0n) is 13.1. The van der Waals surface area contributed by atoms with E-state index in [0.717, 1.165) is 19.3 Å². The number of likely N-dealkylation sites (N-methyl/N-ethyl adjacent to an activating group) is 1. The molecule has 0 radical (unpaired) electrons. The Morgan fingerprint density at radius 2 is 1.95 bits per heavy atom. The summed E-state index contributed by atoms with van der Waals surface area (Å²) in [4.78, 5) is 28.7. The standard InChI is InChI=1S/C15H27N3O3/c1-3-17(4-2)14(19)12-6-5-9-18(12)15(20)13-8-7-11(10-16)21-13/h11-13H,3-10,16H2,1-2H3/t11-,12?,13+/m1/s1. The van der Waals surface area contributed by atoms with Gasteiger partial charge in [-0.3, -0.25) is 9.59 Å². The molecule has 6 heteroatoms. The fraction of sp³-hybridized carbons (Fsp3) is 0.867. The molecule has 2 fully saturated rings. The van der Waals surface area contributed by atoms with Gasteiger partial charge in [-0.2, -0.15) is 0 Å². The molecule has 2 aliphatic heterocycles. The van der Waals surface area contributed by atoms with Crippen LogP contribution in [0, 0.1) is 0 Å². The van der Waals surface area contributed by atoms with Crippen LogP contribution in [-0.2, 0) is 14.3 Å². The number of nitrogens with zero attached hydrogens (tertiary/aromatic N) is 2. The van der Waals surface area contributed by atoms with Crippen LogP contribution in [0.3, 0.4) is 0 Å². The van der Waals surface area contributed by atoms with E-state index < -0.39 is 6.10 Å². The van der Waals surface area contributed by atoms with Gasteiger partial charge >= 0.3 is 0 Å². The zero-order chi connectivity index (χ0) is 15.4. The minimum absolute atomic E-state index is 0.0153. The summed E-state index contributed by atoms with van der Waals surface area (Å²) in [6.45, 7) is 6.41. The molecule has 0 spiro atoms. The molecule has 0 aromatic heterocycles. The fourth-order valence-electron chi connectivity index (χ4n) is 3.28. The van der Waals surface area contributed by atoms with Crippen LogP contribution in [0.15, 0.2) is 0 Å². The third-order valence-electron chi connectivity index (χ3n) is 4.54. The predicted molar refractivity (Wildman–Crippen MR) is 79.6 cm³/mol. The monoisotopic (exact) mass is 297 g/mol. The predicted octanol–water partition coefficient (Wildman–Crippen LogP) is 0.352. The highest BCUT2D eigenvalue weighted by Crippen LogP contribution is 2.26. The second kappa shape index (κ2) is 7.22. The highest BCUT2D eigenvalue weighted by atomic mass is 16.5. The second-order valence-corrected chi connectivity index (χ2v) is 5.76. The lowest BCUT2D eigenvalue weighted by atomic mass is 10.1. The highest BCUT2D eigenvalue weighted by molar-refractivity contribution is 5.90. The molecule has 0 aliphatic carbocycles. The van der Waals surface area contributed by atoms with Gasteiger partial charge in [-0.1, -0.05) is 0 Å². The van der Waals surface area contributed by atoms with Crippen molar-refractivity contribution in [1.29, 1.82) is 0 Å². The van der Waals surface area contributed by atoms with E-state index in [1.54, 1.807) is 9.80 Å². The Labute approximate surface area is 126 Å². The molecule has 6 nitrogen and oxygen atoms in total. The summed E-state index contributed by atoms with van der Waals surface area (Å²) in [5.41, 5.74) is 5.59. The Morgan fingerprint density at radius 3 is 2.52 bits per heavy atom. The van der Waals surface area contributed by atoms with Gasteiger partial charge in [-0.15, -0.1) is 0 Å². The molecule has 120 valence electrons. The lowest BCUT2D eigenvalue weighted by Gasteiger charge is -2.30. The number of carbonyl (C=O) groups excluding carboxylic acids is 2. The van der Waals surface area contributed by atoms with Crippen LogP contribution < -0.4 is 5.73 Å². The minimum Gasteiger partial charge on any atom is -0.364 e. The van der Waals surface area contributed by atoms with Crippen molar-refractivity contribution < 1.29 is 14.3 Å². The van der Waals surface area contributed by atoms with Gasteiger partial charge in [0.15, 0.2) is 0 Å². The largest absolute Gasteiger partial charge is 0.364 e. The molecule has 0 bridgehead atoms. The first-order valence-electron chi connectivity index (χ1n) is 8.07. The maximum Gasteiger partial charge on any atom is 0.252 e. The molecule has 21 heavy (non-hydrogen) atoms. The van der Waals surface area contributed by atoms with Crippen molar-refractivity contribution in [1.82, 2.24) is 9.80 Å². The van der Waals surface area contributed by atoms with Crippen molar-refractivity contribution in [3.8, 4) is 0 Å². The van der Waals surface area contributed by atoms with E-state index in [0.29, 0.717) is 32.6 Å². The van der Waals surface area contributed by atoms with E-state index in [9.17, 15) is 9.59 Å². The fourth-order valence-corrected chi connectivity index (χ4v) is 3.28. The van der Waals surface area contributed by atoms with E-state index in [1.807, 2.05) is 13.8 Å². The molecule has 2 saturated heterocycles. The summed E-state index contributed by atoms with van der Waals surface area (Å²) in [5, 5.41) is 0. The summed E-state index contributed by atoms with van der Waals surface area (Å²) < 4.78 is 5.68. The number of likely N-dealkylation sites (tertiary alicyclic amines) is 1. The Hall–Kier alpha value is -1.14.